The number of piperidine rings is 2. The zero-order valence-corrected chi connectivity index (χ0v) is 20.9. The van der Waals surface area contributed by atoms with Gasteiger partial charge in [-0.15, -0.1) is 0 Å². The Kier molecular flexibility index (Phi) is 6.38. The lowest BCUT2D eigenvalue weighted by Gasteiger charge is -2.61. The summed E-state index contributed by atoms with van der Waals surface area (Å²) in [6, 6.07) is 9.32. The van der Waals surface area contributed by atoms with Crippen LogP contribution in [-0.4, -0.2) is 78.4 Å². The number of Topliss-reactive ketones (excluding diaryl/α,β-unsaturated/α-hetero) is 1. The number of likely N-dealkylation sites (tertiary alicyclic amines) is 2. The molecule has 5 rings (SSSR count). The van der Waals surface area contributed by atoms with Crippen LogP contribution in [0.25, 0.3) is 0 Å². The van der Waals surface area contributed by atoms with Gasteiger partial charge in [-0.25, -0.2) is 0 Å². The molecule has 1 aliphatic carbocycles. The number of esters is 2. The minimum absolute atomic E-state index is 0.147. The molecule has 9 nitrogen and oxygen atoms in total. The second kappa shape index (κ2) is 9.37. The van der Waals surface area contributed by atoms with Crippen molar-refractivity contribution in [3.05, 3.63) is 60.2 Å². The van der Waals surface area contributed by atoms with Crippen LogP contribution in [0.5, 0.6) is 0 Å². The number of methoxy groups -OCH3 is 2. The van der Waals surface area contributed by atoms with Crippen LogP contribution in [0.1, 0.15) is 42.7 Å². The smallest absolute Gasteiger partial charge is 0.322 e. The molecule has 190 valence electrons. The second-order valence-corrected chi connectivity index (χ2v) is 10.2. The largest absolute Gasteiger partial charge is 0.468 e. The molecule has 9 heteroatoms. The fraction of sp³-hybridized carbons (Fsp3) is 0.519. The molecule has 1 saturated carbocycles. The average molecular weight is 493 g/mol. The van der Waals surface area contributed by atoms with Crippen molar-refractivity contribution in [3.8, 4) is 0 Å². The van der Waals surface area contributed by atoms with E-state index in [2.05, 4.69) is 14.9 Å². The fourth-order valence-corrected chi connectivity index (χ4v) is 6.64. The number of carbonyl (C=O) groups is 3. The summed E-state index contributed by atoms with van der Waals surface area (Å²) in [7, 11) is 4.40. The summed E-state index contributed by atoms with van der Waals surface area (Å²) < 4.78 is 10.6. The molecular weight excluding hydrogens is 460 g/mol. The summed E-state index contributed by atoms with van der Waals surface area (Å²) in [6.45, 7) is 0.987. The van der Waals surface area contributed by atoms with Gasteiger partial charge in [-0.3, -0.25) is 34.2 Å². The van der Waals surface area contributed by atoms with Gasteiger partial charge in [0.05, 0.1) is 37.7 Å². The highest BCUT2D eigenvalue weighted by Crippen LogP contribution is 2.60. The minimum atomic E-state index is -1.67. The third-order valence-electron chi connectivity index (χ3n) is 8.28. The molecule has 0 amide bonds. The SMILES string of the molecule is COC(=O)C12CN(CC3CCC3)CC(C(=O)OC)(C1=O)C(c1ccccn1)N(C)C2c1ccccn1. The number of nitrogens with zero attached hydrogens (tertiary/aromatic N) is 4. The van der Waals surface area contributed by atoms with E-state index in [4.69, 9.17) is 9.47 Å². The van der Waals surface area contributed by atoms with Gasteiger partial charge >= 0.3 is 11.9 Å². The van der Waals surface area contributed by atoms with E-state index in [1.165, 1.54) is 14.2 Å². The van der Waals surface area contributed by atoms with Crippen LogP contribution < -0.4 is 0 Å². The van der Waals surface area contributed by atoms with Crippen molar-refractivity contribution in [1.29, 1.82) is 0 Å². The number of hydrogen-bond donors (Lipinski definition) is 0. The minimum Gasteiger partial charge on any atom is -0.468 e. The second-order valence-electron chi connectivity index (χ2n) is 10.2. The van der Waals surface area contributed by atoms with Gasteiger partial charge in [0.15, 0.2) is 16.6 Å². The maximum absolute atomic E-state index is 14.8. The summed E-state index contributed by atoms with van der Waals surface area (Å²) in [5.41, 5.74) is -2.22. The predicted molar refractivity (Wildman–Crippen MR) is 129 cm³/mol. The number of pyridine rings is 2. The summed E-state index contributed by atoms with van der Waals surface area (Å²) in [5, 5.41) is 0. The van der Waals surface area contributed by atoms with Gasteiger partial charge in [-0.1, -0.05) is 18.6 Å². The maximum Gasteiger partial charge on any atom is 0.322 e. The van der Waals surface area contributed by atoms with Crippen molar-refractivity contribution >= 4 is 17.7 Å². The molecule has 4 unspecified atom stereocenters. The quantitative estimate of drug-likeness (QED) is 0.444. The van der Waals surface area contributed by atoms with E-state index in [-0.39, 0.29) is 13.1 Å². The van der Waals surface area contributed by atoms with Gasteiger partial charge in [-0.2, -0.15) is 0 Å². The Morgan fingerprint density at radius 1 is 0.917 bits per heavy atom. The standard InChI is InChI=1S/C27H32N4O5/c1-30-21(19-11-4-6-13-28-19)26(24(33)35-2)16-31(15-18-9-8-10-18)17-27(23(26)32,25(34)36-3)22(30)20-12-5-7-14-29-20/h4-7,11-14,18,21-22H,8-10,15-17H2,1-3H3. The number of carbonyl (C=O) groups excluding carboxylic acids is 3. The molecule has 0 aromatic carbocycles. The van der Waals surface area contributed by atoms with E-state index in [1.807, 2.05) is 36.2 Å². The number of hydrogen-bond acceptors (Lipinski definition) is 9. The molecule has 2 aromatic rings. The molecule has 0 spiro atoms. The van der Waals surface area contributed by atoms with Crippen molar-refractivity contribution in [2.24, 2.45) is 16.7 Å². The van der Waals surface area contributed by atoms with E-state index in [0.717, 1.165) is 19.3 Å². The number of fused-ring (bicyclic) bond motifs is 2. The number of ether oxygens (including phenoxy) is 2. The molecule has 3 fully saturated rings. The summed E-state index contributed by atoms with van der Waals surface area (Å²) in [4.78, 5) is 55.4. The van der Waals surface area contributed by atoms with Gasteiger partial charge in [0.2, 0.25) is 0 Å². The van der Waals surface area contributed by atoms with Crippen molar-refractivity contribution in [3.63, 3.8) is 0 Å². The van der Waals surface area contributed by atoms with Crippen LogP contribution in [-0.2, 0) is 23.9 Å². The molecule has 0 radical (unpaired) electrons. The van der Waals surface area contributed by atoms with Gasteiger partial charge < -0.3 is 9.47 Å². The Balaban J connectivity index is 1.78. The molecule has 3 aliphatic rings. The average Bonchev–Trinajstić information content (AvgIpc) is 2.88. The Morgan fingerprint density at radius 3 is 1.78 bits per heavy atom. The zero-order chi connectivity index (χ0) is 25.5. The first-order valence-corrected chi connectivity index (χ1v) is 12.4. The van der Waals surface area contributed by atoms with Gasteiger partial charge in [-0.05, 0) is 50.1 Å². The first-order chi connectivity index (χ1) is 17.4. The molecule has 2 bridgehead atoms. The van der Waals surface area contributed by atoms with Crippen LogP contribution >= 0.6 is 0 Å². The number of aromatic nitrogens is 2. The van der Waals surface area contributed by atoms with Crippen LogP contribution in [0.15, 0.2) is 48.8 Å². The number of rotatable bonds is 6. The molecule has 2 saturated heterocycles. The normalized spacial score (nSPS) is 30.9. The summed E-state index contributed by atoms with van der Waals surface area (Å²) in [5.74, 6) is -1.35. The Hall–Kier alpha value is -3.17. The molecule has 2 aliphatic heterocycles. The summed E-state index contributed by atoms with van der Waals surface area (Å²) >= 11 is 0. The first kappa shape index (κ1) is 24.5. The third kappa shape index (κ3) is 3.48. The van der Waals surface area contributed by atoms with Crippen LogP contribution in [0.4, 0.5) is 0 Å². The van der Waals surface area contributed by atoms with Gasteiger partial charge in [0, 0.05) is 32.0 Å². The van der Waals surface area contributed by atoms with Gasteiger partial charge in [0.1, 0.15) is 0 Å². The molecule has 36 heavy (non-hydrogen) atoms. The van der Waals surface area contributed by atoms with E-state index in [0.29, 0.717) is 23.9 Å². The lowest BCUT2D eigenvalue weighted by Crippen LogP contribution is -2.75. The lowest BCUT2D eigenvalue weighted by atomic mass is 9.54. The van der Waals surface area contributed by atoms with Crippen molar-refractivity contribution in [2.75, 3.05) is 40.9 Å². The molecule has 4 heterocycles. The van der Waals surface area contributed by atoms with Crippen LogP contribution in [0.3, 0.4) is 0 Å². The van der Waals surface area contributed by atoms with E-state index in [9.17, 15) is 14.4 Å². The Morgan fingerprint density at radius 2 is 1.42 bits per heavy atom. The monoisotopic (exact) mass is 492 g/mol. The predicted octanol–water partition coefficient (Wildman–Crippen LogP) is 2.21. The Labute approximate surface area is 210 Å². The maximum atomic E-state index is 14.8. The third-order valence-corrected chi connectivity index (χ3v) is 8.28. The fourth-order valence-electron chi connectivity index (χ4n) is 6.64. The van der Waals surface area contributed by atoms with Crippen LogP contribution in [0.2, 0.25) is 0 Å². The van der Waals surface area contributed by atoms with Crippen molar-refractivity contribution in [1.82, 2.24) is 19.8 Å². The molecular formula is C27H32N4O5. The lowest BCUT2D eigenvalue weighted by molar-refractivity contribution is -0.204. The highest BCUT2D eigenvalue weighted by Gasteiger charge is 2.75. The van der Waals surface area contributed by atoms with Crippen molar-refractivity contribution in [2.45, 2.75) is 31.3 Å². The van der Waals surface area contributed by atoms with E-state index < -0.39 is 40.6 Å². The summed E-state index contributed by atoms with van der Waals surface area (Å²) in [6.07, 6.45) is 6.64. The van der Waals surface area contributed by atoms with Gasteiger partial charge in [0.25, 0.3) is 0 Å². The first-order valence-electron chi connectivity index (χ1n) is 12.4. The highest BCUT2D eigenvalue weighted by atomic mass is 16.5. The van der Waals surface area contributed by atoms with E-state index in [1.54, 1.807) is 24.5 Å². The Bertz CT molecular complexity index is 1060. The van der Waals surface area contributed by atoms with Crippen molar-refractivity contribution < 1.29 is 23.9 Å². The topological polar surface area (TPSA) is 102 Å². The molecule has 4 atom stereocenters. The molecule has 0 N–H and O–H groups in total. The zero-order valence-electron chi connectivity index (χ0n) is 20.9. The van der Waals surface area contributed by atoms with Crippen LogP contribution in [0, 0.1) is 16.7 Å². The molecule has 2 aromatic heterocycles. The van der Waals surface area contributed by atoms with E-state index >= 15 is 0 Å². The highest BCUT2D eigenvalue weighted by molar-refractivity contribution is 6.17. The number of ketones is 1.